The number of hydrogen-bond acceptors (Lipinski definition) is 3. The van der Waals surface area contributed by atoms with Crippen LogP contribution in [0.4, 0.5) is 0 Å². The molecule has 0 spiro atoms. The molecular formula is C9H19N3O2. The Balaban J connectivity index is 3.78. The van der Waals surface area contributed by atoms with Gasteiger partial charge in [0.2, 0.25) is 11.8 Å². The summed E-state index contributed by atoms with van der Waals surface area (Å²) in [5, 5.41) is 2.70. The summed E-state index contributed by atoms with van der Waals surface area (Å²) < 4.78 is 0. The van der Waals surface area contributed by atoms with E-state index in [1.165, 1.54) is 0 Å². The second kappa shape index (κ2) is 7.32. The van der Waals surface area contributed by atoms with Gasteiger partial charge in [-0.25, -0.2) is 0 Å². The first-order valence-electron chi connectivity index (χ1n) is 4.87. The van der Waals surface area contributed by atoms with Crippen LogP contribution in [-0.2, 0) is 9.59 Å². The second-order valence-electron chi connectivity index (χ2n) is 3.04. The lowest BCUT2D eigenvalue weighted by Crippen LogP contribution is -2.38. The molecule has 0 bridgehead atoms. The average Bonchev–Trinajstić information content (AvgIpc) is 2.12. The van der Waals surface area contributed by atoms with Gasteiger partial charge in [-0.3, -0.25) is 14.5 Å². The summed E-state index contributed by atoms with van der Waals surface area (Å²) in [6.45, 7) is 6.06. The summed E-state index contributed by atoms with van der Waals surface area (Å²) in [6.07, 6.45) is 0.299. The molecule has 0 aliphatic carbocycles. The van der Waals surface area contributed by atoms with Crippen LogP contribution >= 0.6 is 0 Å². The van der Waals surface area contributed by atoms with Crippen molar-refractivity contribution < 1.29 is 9.59 Å². The van der Waals surface area contributed by atoms with E-state index >= 15 is 0 Å². The highest BCUT2D eigenvalue weighted by atomic mass is 16.2. The minimum atomic E-state index is -0.334. The number of carbonyl (C=O) groups excluding carboxylic acids is 2. The van der Waals surface area contributed by atoms with Gasteiger partial charge in [0.1, 0.15) is 0 Å². The monoisotopic (exact) mass is 201 g/mol. The summed E-state index contributed by atoms with van der Waals surface area (Å²) >= 11 is 0. The first kappa shape index (κ1) is 12.9. The van der Waals surface area contributed by atoms with E-state index in [1.807, 2.05) is 18.7 Å². The minimum absolute atomic E-state index is 0.0150. The Bertz CT molecular complexity index is 194. The van der Waals surface area contributed by atoms with Crippen molar-refractivity contribution in [3.05, 3.63) is 0 Å². The predicted molar refractivity (Wildman–Crippen MR) is 54.6 cm³/mol. The lowest BCUT2D eigenvalue weighted by molar-refractivity contribution is -0.123. The molecule has 2 amide bonds. The SMILES string of the molecule is CCNC(=O)CN(CC)CCC(N)=O. The van der Waals surface area contributed by atoms with Crippen LogP contribution in [0.3, 0.4) is 0 Å². The highest BCUT2D eigenvalue weighted by molar-refractivity contribution is 5.78. The van der Waals surface area contributed by atoms with Crippen molar-refractivity contribution in [1.29, 1.82) is 0 Å². The Kier molecular flexibility index (Phi) is 6.74. The fourth-order valence-corrected chi connectivity index (χ4v) is 1.07. The van der Waals surface area contributed by atoms with Gasteiger partial charge in [-0.05, 0) is 13.5 Å². The van der Waals surface area contributed by atoms with Gasteiger partial charge in [-0.2, -0.15) is 0 Å². The van der Waals surface area contributed by atoms with Gasteiger partial charge in [0.05, 0.1) is 6.54 Å². The largest absolute Gasteiger partial charge is 0.370 e. The second-order valence-corrected chi connectivity index (χ2v) is 3.04. The maximum Gasteiger partial charge on any atom is 0.234 e. The van der Waals surface area contributed by atoms with Gasteiger partial charge in [0.25, 0.3) is 0 Å². The molecule has 14 heavy (non-hydrogen) atoms. The molecule has 5 heteroatoms. The molecular weight excluding hydrogens is 182 g/mol. The number of carbonyl (C=O) groups is 2. The molecule has 0 radical (unpaired) electrons. The van der Waals surface area contributed by atoms with Crippen LogP contribution < -0.4 is 11.1 Å². The quantitative estimate of drug-likeness (QED) is 0.573. The summed E-state index contributed by atoms with van der Waals surface area (Å²) in [4.78, 5) is 23.6. The van der Waals surface area contributed by atoms with Crippen LogP contribution in [0.25, 0.3) is 0 Å². The number of nitrogens with two attached hydrogens (primary N) is 1. The molecule has 0 saturated carbocycles. The molecule has 0 aromatic carbocycles. The van der Waals surface area contributed by atoms with Crippen molar-refractivity contribution in [2.45, 2.75) is 20.3 Å². The third-order valence-electron chi connectivity index (χ3n) is 1.86. The normalized spacial score (nSPS) is 10.2. The first-order valence-corrected chi connectivity index (χ1v) is 4.87. The zero-order valence-electron chi connectivity index (χ0n) is 8.88. The van der Waals surface area contributed by atoms with Gasteiger partial charge >= 0.3 is 0 Å². The lowest BCUT2D eigenvalue weighted by Gasteiger charge is -2.18. The molecule has 0 aliphatic heterocycles. The van der Waals surface area contributed by atoms with E-state index in [4.69, 9.17) is 5.73 Å². The van der Waals surface area contributed by atoms with E-state index in [9.17, 15) is 9.59 Å². The number of likely N-dealkylation sites (N-methyl/N-ethyl adjacent to an activating group) is 2. The molecule has 0 aromatic rings. The van der Waals surface area contributed by atoms with Crippen LogP contribution in [0.1, 0.15) is 20.3 Å². The van der Waals surface area contributed by atoms with Gasteiger partial charge in [-0.15, -0.1) is 0 Å². The summed E-state index contributed by atoms with van der Waals surface area (Å²) in [6, 6.07) is 0. The van der Waals surface area contributed by atoms with Crippen molar-refractivity contribution >= 4 is 11.8 Å². The third kappa shape index (κ3) is 6.42. The number of primary amides is 1. The molecule has 5 nitrogen and oxygen atoms in total. The van der Waals surface area contributed by atoms with Crippen LogP contribution in [0.2, 0.25) is 0 Å². The molecule has 3 N–H and O–H groups in total. The van der Waals surface area contributed by atoms with E-state index in [1.54, 1.807) is 0 Å². The fourth-order valence-electron chi connectivity index (χ4n) is 1.07. The van der Waals surface area contributed by atoms with Gasteiger partial charge < -0.3 is 11.1 Å². The minimum Gasteiger partial charge on any atom is -0.370 e. The predicted octanol–water partition coefficient (Wildman–Crippen LogP) is -0.680. The smallest absolute Gasteiger partial charge is 0.234 e. The Morgan fingerprint density at radius 3 is 2.43 bits per heavy atom. The summed E-state index contributed by atoms with van der Waals surface area (Å²) in [5.41, 5.74) is 5.02. The molecule has 0 atom stereocenters. The van der Waals surface area contributed by atoms with Crippen molar-refractivity contribution in [2.75, 3.05) is 26.2 Å². The Labute approximate surface area is 84.6 Å². The fraction of sp³-hybridized carbons (Fsp3) is 0.778. The van der Waals surface area contributed by atoms with Crippen LogP contribution in [0.5, 0.6) is 0 Å². The Morgan fingerprint density at radius 1 is 1.36 bits per heavy atom. The van der Waals surface area contributed by atoms with E-state index < -0.39 is 0 Å². The maximum absolute atomic E-state index is 11.2. The standard InChI is InChI=1S/C9H19N3O2/c1-3-11-9(14)7-12(4-2)6-5-8(10)13/h3-7H2,1-2H3,(H2,10,13)(H,11,14). The van der Waals surface area contributed by atoms with E-state index in [-0.39, 0.29) is 11.8 Å². The van der Waals surface area contributed by atoms with Crippen molar-refractivity contribution in [1.82, 2.24) is 10.2 Å². The number of nitrogens with zero attached hydrogens (tertiary/aromatic N) is 1. The zero-order chi connectivity index (χ0) is 11.0. The highest BCUT2D eigenvalue weighted by Crippen LogP contribution is 1.90. The third-order valence-corrected chi connectivity index (χ3v) is 1.86. The Morgan fingerprint density at radius 2 is 2.00 bits per heavy atom. The lowest BCUT2D eigenvalue weighted by atomic mass is 10.3. The van der Waals surface area contributed by atoms with E-state index in [0.717, 1.165) is 6.54 Å². The molecule has 0 unspecified atom stereocenters. The molecule has 0 heterocycles. The molecule has 0 saturated heterocycles. The summed E-state index contributed by atoms with van der Waals surface area (Å²) in [7, 11) is 0. The number of amides is 2. The van der Waals surface area contributed by atoms with Gasteiger partial charge in [0.15, 0.2) is 0 Å². The summed E-state index contributed by atoms with van der Waals surface area (Å²) in [5.74, 6) is -0.349. The topological polar surface area (TPSA) is 75.4 Å². The number of rotatable bonds is 7. The Hall–Kier alpha value is -1.10. The average molecular weight is 201 g/mol. The van der Waals surface area contributed by atoms with Crippen molar-refractivity contribution in [3.8, 4) is 0 Å². The van der Waals surface area contributed by atoms with Gasteiger partial charge in [-0.1, -0.05) is 6.92 Å². The van der Waals surface area contributed by atoms with Crippen LogP contribution in [-0.4, -0.2) is 42.9 Å². The first-order chi connectivity index (χ1) is 6.60. The molecule has 0 aliphatic rings. The number of hydrogen-bond donors (Lipinski definition) is 2. The van der Waals surface area contributed by atoms with Crippen molar-refractivity contribution in [2.24, 2.45) is 5.73 Å². The molecule has 82 valence electrons. The van der Waals surface area contributed by atoms with Crippen molar-refractivity contribution in [3.63, 3.8) is 0 Å². The zero-order valence-corrected chi connectivity index (χ0v) is 8.88. The highest BCUT2D eigenvalue weighted by Gasteiger charge is 2.08. The molecule has 0 fully saturated rings. The van der Waals surface area contributed by atoms with E-state index in [2.05, 4.69) is 5.32 Å². The number of nitrogens with one attached hydrogen (secondary N) is 1. The molecule has 0 rings (SSSR count). The van der Waals surface area contributed by atoms with Crippen LogP contribution in [0, 0.1) is 0 Å². The van der Waals surface area contributed by atoms with Crippen LogP contribution in [0.15, 0.2) is 0 Å². The van der Waals surface area contributed by atoms with E-state index in [0.29, 0.717) is 26.1 Å². The maximum atomic E-state index is 11.2. The molecule has 0 aromatic heterocycles. The van der Waals surface area contributed by atoms with Gasteiger partial charge in [0, 0.05) is 19.5 Å².